The van der Waals surface area contributed by atoms with Crippen LogP contribution in [0.25, 0.3) is 0 Å². The summed E-state index contributed by atoms with van der Waals surface area (Å²) in [5.74, 6) is -7.20. The summed E-state index contributed by atoms with van der Waals surface area (Å²) in [5.41, 5.74) is 4.94. The van der Waals surface area contributed by atoms with Crippen LogP contribution < -0.4 is 5.73 Å². The minimum absolute atomic E-state index is 0.279. The summed E-state index contributed by atoms with van der Waals surface area (Å²) in [6, 6.07) is 0. The van der Waals surface area contributed by atoms with Crippen LogP contribution in [0.15, 0.2) is 4.52 Å². The molecule has 1 heterocycles. The Morgan fingerprint density at radius 3 is 2.05 bits per heavy atom. The molecule has 2 N–H and O–H groups in total. The molecule has 1 fully saturated rings. The third-order valence-electron chi connectivity index (χ3n) is 3.49. The van der Waals surface area contributed by atoms with E-state index in [2.05, 4.69) is 14.7 Å². The average Bonchev–Trinajstić information content (AvgIpc) is 2.74. The molecule has 20 heavy (non-hydrogen) atoms. The number of nitrogens with zero attached hydrogens (tertiary/aromatic N) is 2. The molecule has 2 rings (SSSR count). The molecule has 1 aliphatic carbocycles. The van der Waals surface area contributed by atoms with Crippen LogP contribution in [0.3, 0.4) is 0 Å². The Morgan fingerprint density at radius 2 is 1.55 bits per heavy atom. The van der Waals surface area contributed by atoms with E-state index in [0.29, 0.717) is 12.8 Å². The van der Waals surface area contributed by atoms with Crippen molar-refractivity contribution in [2.24, 2.45) is 5.73 Å². The summed E-state index contributed by atoms with van der Waals surface area (Å²) in [6.45, 7) is 0. The van der Waals surface area contributed by atoms with Crippen LogP contribution >= 0.6 is 0 Å². The van der Waals surface area contributed by atoms with Gasteiger partial charge in [0.05, 0.1) is 5.54 Å². The van der Waals surface area contributed by atoms with E-state index in [0.717, 1.165) is 25.7 Å². The maximum atomic E-state index is 13.1. The van der Waals surface area contributed by atoms with E-state index in [1.165, 1.54) is 0 Å². The van der Waals surface area contributed by atoms with Gasteiger partial charge in [0.1, 0.15) is 0 Å². The van der Waals surface area contributed by atoms with Crippen molar-refractivity contribution in [3.63, 3.8) is 0 Å². The Bertz CT molecular complexity index is 463. The molecule has 1 saturated carbocycles. The van der Waals surface area contributed by atoms with Crippen molar-refractivity contribution < 1.29 is 26.5 Å². The topological polar surface area (TPSA) is 64.9 Å². The quantitative estimate of drug-likeness (QED) is 0.672. The van der Waals surface area contributed by atoms with Gasteiger partial charge < -0.3 is 10.3 Å². The Labute approximate surface area is 111 Å². The first kappa shape index (κ1) is 15.1. The van der Waals surface area contributed by atoms with Gasteiger partial charge in [0.2, 0.25) is 0 Å². The van der Waals surface area contributed by atoms with Crippen LogP contribution in [0.4, 0.5) is 22.0 Å². The maximum absolute atomic E-state index is 13.1. The van der Waals surface area contributed by atoms with E-state index >= 15 is 0 Å². The SMILES string of the molecule is NC1(c2noc(C(F)(F)C(F)(F)F)n2)CCCCCC1. The number of aromatic nitrogens is 2. The smallest absolute Gasteiger partial charge is 0.332 e. The normalized spacial score (nSPS) is 20.7. The van der Waals surface area contributed by atoms with Gasteiger partial charge in [0, 0.05) is 0 Å². The largest absolute Gasteiger partial charge is 0.463 e. The van der Waals surface area contributed by atoms with Crippen molar-refractivity contribution in [2.75, 3.05) is 0 Å². The highest BCUT2D eigenvalue weighted by atomic mass is 19.4. The van der Waals surface area contributed by atoms with Crippen molar-refractivity contribution in [3.8, 4) is 0 Å². The van der Waals surface area contributed by atoms with Crippen LogP contribution in [-0.2, 0) is 11.5 Å². The molecular weight excluding hydrogens is 285 g/mol. The molecule has 114 valence electrons. The lowest BCUT2D eigenvalue weighted by atomic mass is 9.91. The molecule has 0 amide bonds. The Balaban J connectivity index is 2.28. The molecule has 0 spiro atoms. The molecule has 1 aromatic rings. The Hall–Kier alpha value is -1.25. The number of hydrogen-bond acceptors (Lipinski definition) is 4. The molecule has 0 atom stereocenters. The van der Waals surface area contributed by atoms with Gasteiger partial charge in [-0.15, -0.1) is 0 Å². The summed E-state index contributed by atoms with van der Waals surface area (Å²) >= 11 is 0. The minimum atomic E-state index is -5.78. The molecule has 1 aromatic heterocycles. The zero-order chi connectivity index (χ0) is 15.0. The highest BCUT2D eigenvalue weighted by molar-refractivity contribution is 5.07. The van der Waals surface area contributed by atoms with Gasteiger partial charge in [-0.25, -0.2) is 0 Å². The fourth-order valence-electron chi connectivity index (χ4n) is 2.26. The zero-order valence-corrected chi connectivity index (χ0v) is 10.5. The van der Waals surface area contributed by atoms with Gasteiger partial charge in [-0.2, -0.15) is 26.9 Å². The van der Waals surface area contributed by atoms with E-state index in [1.54, 1.807) is 0 Å². The molecule has 0 saturated heterocycles. The van der Waals surface area contributed by atoms with Crippen molar-refractivity contribution >= 4 is 0 Å². The Morgan fingerprint density at radius 1 is 1.00 bits per heavy atom. The van der Waals surface area contributed by atoms with E-state index in [9.17, 15) is 22.0 Å². The van der Waals surface area contributed by atoms with E-state index in [-0.39, 0.29) is 5.82 Å². The summed E-state index contributed by atoms with van der Waals surface area (Å²) in [4.78, 5) is 3.21. The fourth-order valence-corrected chi connectivity index (χ4v) is 2.26. The molecule has 1 aliphatic rings. The average molecular weight is 299 g/mol. The van der Waals surface area contributed by atoms with E-state index in [1.807, 2.05) is 0 Å². The first-order chi connectivity index (χ1) is 9.17. The highest BCUT2D eigenvalue weighted by Gasteiger charge is 2.63. The van der Waals surface area contributed by atoms with Crippen molar-refractivity contribution in [2.45, 2.75) is 56.2 Å². The lowest BCUT2D eigenvalue weighted by Crippen LogP contribution is -2.38. The van der Waals surface area contributed by atoms with Gasteiger partial charge in [-0.1, -0.05) is 30.8 Å². The van der Waals surface area contributed by atoms with Gasteiger partial charge in [-0.05, 0) is 12.8 Å². The Kier molecular flexibility index (Phi) is 3.74. The first-order valence-corrected chi connectivity index (χ1v) is 6.25. The molecule has 0 aromatic carbocycles. The predicted molar refractivity (Wildman–Crippen MR) is 57.8 cm³/mol. The standard InChI is InChI=1S/C11H14F5N3O/c12-10(13,11(14,15)16)8-18-7(19-20-8)9(17)5-3-1-2-4-6-9/h1-6,17H2. The van der Waals surface area contributed by atoms with Crippen molar-refractivity contribution in [1.29, 1.82) is 0 Å². The second-order valence-corrected chi connectivity index (χ2v) is 5.07. The lowest BCUT2D eigenvalue weighted by Gasteiger charge is -2.23. The lowest BCUT2D eigenvalue weighted by molar-refractivity contribution is -0.298. The van der Waals surface area contributed by atoms with Gasteiger partial charge in [0.25, 0.3) is 0 Å². The second-order valence-electron chi connectivity index (χ2n) is 5.07. The number of rotatable bonds is 2. The van der Waals surface area contributed by atoms with Gasteiger partial charge in [0.15, 0.2) is 5.82 Å². The van der Waals surface area contributed by atoms with Gasteiger partial charge >= 0.3 is 18.0 Å². The van der Waals surface area contributed by atoms with Crippen LogP contribution in [0.2, 0.25) is 0 Å². The van der Waals surface area contributed by atoms with E-state index < -0.39 is 23.5 Å². The molecule has 0 bridgehead atoms. The summed E-state index contributed by atoms with van der Waals surface area (Å²) in [5, 5.41) is 3.24. The number of halogens is 5. The van der Waals surface area contributed by atoms with Crippen molar-refractivity contribution in [3.05, 3.63) is 11.7 Å². The monoisotopic (exact) mass is 299 g/mol. The summed E-state index contributed by atoms with van der Waals surface area (Å²) in [7, 11) is 0. The molecule has 0 unspecified atom stereocenters. The van der Waals surface area contributed by atoms with Crippen LogP contribution in [0.1, 0.15) is 50.2 Å². The van der Waals surface area contributed by atoms with E-state index in [4.69, 9.17) is 5.73 Å². The minimum Gasteiger partial charge on any atom is -0.332 e. The van der Waals surface area contributed by atoms with Crippen molar-refractivity contribution in [1.82, 2.24) is 10.1 Å². The van der Waals surface area contributed by atoms with Gasteiger partial charge in [-0.3, -0.25) is 0 Å². The molecular formula is C11H14F5N3O. The third-order valence-corrected chi connectivity index (χ3v) is 3.49. The van der Waals surface area contributed by atoms with Crippen LogP contribution in [0, 0.1) is 0 Å². The number of hydrogen-bond donors (Lipinski definition) is 1. The zero-order valence-electron chi connectivity index (χ0n) is 10.5. The molecule has 0 radical (unpaired) electrons. The fraction of sp³-hybridized carbons (Fsp3) is 0.818. The first-order valence-electron chi connectivity index (χ1n) is 6.25. The number of nitrogens with two attached hydrogens (primary N) is 1. The van der Waals surface area contributed by atoms with Crippen LogP contribution in [-0.4, -0.2) is 16.3 Å². The predicted octanol–water partition coefficient (Wildman–Crippen LogP) is 3.23. The second kappa shape index (κ2) is 4.94. The van der Waals surface area contributed by atoms with Crippen LogP contribution in [0.5, 0.6) is 0 Å². The molecule has 4 nitrogen and oxygen atoms in total. The maximum Gasteiger partial charge on any atom is 0.463 e. The third kappa shape index (κ3) is 2.63. The summed E-state index contributed by atoms with van der Waals surface area (Å²) < 4.78 is 66.9. The molecule has 9 heteroatoms. The highest BCUT2D eigenvalue weighted by Crippen LogP contribution is 2.43. The number of alkyl halides is 5. The summed E-state index contributed by atoms with van der Waals surface area (Å²) in [6.07, 6.45) is -1.55. The molecule has 0 aliphatic heterocycles.